The molecule has 2 aromatic rings. The predicted octanol–water partition coefficient (Wildman–Crippen LogP) is 4.37. The van der Waals surface area contributed by atoms with Crippen LogP contribution in [0.1, 0.15) is 58.9 Å². The summed E-state index contributed by atoms with van der Waals surface area (Å²) in [5, 5.41) is 0. The van der Waals surface area contributed by atoms with Gasteiger partial charge in [-0.15, -0.1) is 0 Å². The molecule has 0 bridgehead atoms. The topological polar surface area (TPSA) is 73.6 Å². The van der Waals surface area contributed by atoms with E-state index >= 15 is 0 Å². The van der Waals surface area contributed by atoms with Crippen molar-refractivity contribution >= 4 is 17.3 Å². The molecule has 5 heteroatoms. The second kappa shape index (κ2) is 5.64. The Labute approximate surface area is 161 Å². The molecule has 3 aliphatic rings. The Morgan fingerprint density at radius 3 is 2.32 bits per heavy atom. The van der Waals surface area contributed by atoms with Crippen molar-refractivity contribution in [1.82, 2.24) is 0 Å². The average molecular weight is 374 g/mol. The van der Waals surface area contributed by atoms with Gasteiger partial charge in [-0.2, -0.15) is 0 Å². The summed E-state index contributed by atoms with van der Waals surface area (Å²) in [4.78, 5) is 39.6. The van der Waals surface area contributed by atoms with Crippen molar-refractivity contribution in [2.45, 2.75) is 32.6 Å². The molecule has 0 saturated carbocycles. The molecule has 5 nitrogen and oxygen atoms in total. The summed E-state index contributed by atoms with van der Waals surface area (Å²) in [5.74, 6) is -0.762. The van der Waals surface area contributed by atoms with Crippen LogP contribution >= 0.6 is 0 Å². The van der Waals surface area contributed by atoms with Gasteiger partial charge >= 0.3 is 0 Å². The van der Waals surface area contributed by atoms with Crippen LogP contribution in [0.3, 0.4) is 0 Å². The van der Waals surface area contributed by atoms with Crippen LogP contribution in [0.15, 0.2) is 69.9 Å². The first kappa shape index (κ1) is 16.9. The summed E-state index contributed by atoms with van der Waals surface area (Å²) in [7, 11) is 0. The molecule has 1 unspecified atom stereocenters. The number of benzene rings is 1. The van der Waals surface area contributed by atoms with Gasteiger partial charge in [-0.05, 0) is 11.5 Å². The summed E-state index contributed by atoms with van der Waals surface area (Å²) in [5.41, 5.74) is 1.79. The highest BCUT2D eigenvalue weighted by Gasteiger charge is 2.48. The number of rotatable bonds is 1. The van der Waals surface area contributed by atoms with E-state index in [9.17, 15) is 14.4 Å². The van der Waals surface area contributed by atoms with Gasteiger partial charge in [-0.25, -0.2) is 0 Å². The molecule has 1 aromatic heterocycles. The molecule has 0 N–H and O–H groups in total. The van der Waals surface area contributed by atoms with E-state index in [4.69, 9.17) is 9.15 Å². The lowest BCUT2D eigenvalue weighted by Gasteiger charge is -2.39. The van der Waals surface area contributed by atoms with Crippen molar-refractivity contribution in [3.05, 3.63) is 82.2 Å². The molecule has 0 fully saturated rings. The van der Waals surface area contributed by atoms with Gasteiger partial charge in [0.15, 0.2) is 17.3 Å². The van der Waals surface area contributed by atoms with Gasteiger partial charge in [0.25, 0.3) is 0 Å². The molecule has 2 heterocycles. The molecule has 28 heavy (non-hydrogen) atoms. The second-order valence-electron chi connectivity index (χ2n) is 8.32. The lowest BCUT2D eigenvalue weighted by Crippen LogP contribution is -2.37. The van der Waals surface area contributed by atoms with Crippen LogP contribution in [0, 0.1) is 5.41 Å². The maximum absolute atomic E-state index is 13.4. The van der Waals surface area contributed by atoms with Gasteiger partial charge in [0.1, 0.15) is 5.76 Å². The fourth-order valence-corrected chi connectivity index (χ4v) is 4.47. The van der Waals surface area contributed by atoms with Crippen LogP contribution in [0.5, 0.6) is 0 Å². The first-order valence-corrected chi connectivity index (χ1v) is 9.26. The van der Waals surface area contributed by atoms with Crippen LogP contribution in [-0.2, 0) is 9.53 Å². The number of Topliss-reactive ketones (excluding diaryl/α,β-unsaturated/α-hetero) is 3. The van der Waals surface area contributed by atoms with Crippen molar-refractivity contribution in [3.8, 4) is 0 Å². The monoisotopic (exact) mass is 374 g/mol. The molecule has 0 radical (unpaired) electrons. The minimum Gasteiger partial charge on any atom is -0.472 e. The number of fused-ring (bicyclic) bond motifs is 1. The molecule has 0 spiro atoms. The van der Waals surface area contributed by atoms with Gasteiger partial charge in [-0.3, -0.25) is 14.4 Å². The normalized spacial score (nSPS) is 23.2. The molecule has 140 valence electrons. The third-order valence-electron chi connectivity index (χ3n) is 5.67. The molecular weight excluding hydrogens is 356 g/mol. The first-order valence-electron chi connectivity index (χ1n) is 9.26. The van der Waals surface area contributed by atoms with Crippen LogP contribution in [0.2, 0.25) is 0 Å². The Kier molecular flexibility index (Phi) is 3.41. The number of ether oxygens (including phenoxy) is 1. The van der Waals surface area contributed by atoms with E-state index in [2.05, 4.69) is 0 Å². The Balaban J connectivity index is 1.76. The zero-order valence-electron chi connectivity index (χ0n) is 15.6. The largest absolute Gasteiger partial charge is 0.472 e. The fraction of sp³-hybridized carbons (Fsp3) is 0.261. The number of allylic oxidation sites excluding steroid dienone is 4. The Hall–Kier alpha value is -3.21. The van der Waals surface area contributed by atoms with Gasteiger partial charge in [-0.1, -0.05) is 38.1 Å². The van der Waals surface area contributed by atoms with Crippen molar-refractivity contribution < 1.29 is 23.5 Å². The molecule has 2 aliphatic carbocycles. The number of hydrogen-bond acceptors (Lipinski definition) is 5. The van der Waals surface area contributed by atoms with E-state index < -0.39 is 5.92 Å². The molecule has 0 amide bonds. The van der Waals surface area contributed by atoms with Crippen LogP contribution in [-0.4, -0.2) is 17.3 Å². The smallest absolute Gasteiger partial charge is 0.229 e. The zero-order chi connectivity index (χ0) is 19.6. The Bertz CT molecular complexity index is 1110. The highest BCUT2D eigenvalue weighted by molar-refractivity contribution is 6.27. The summed E-state index contributed by atoms with van der Waals surface area (Å²) in [6.45, 7) is 4.00. The number of carbonyl (C=O) groups is 3. The summed E-state index contributed by atoms with van der Waals surface area (Å²) >= 11 is 0. The summed E-state index contributed by atoms with van der Waals surface area (Å²) in [6, 6.07) is 8.46. The summed E-state index contributed by atoms with van der Waals surface area (Å²) < 4.78 is 11.2. The molecule has 0 saturated heterocycles. The lowest BCUT2D eigenvalue weighted by molar-refractivity contribution is -0.119. The zero-order valence-corrected chi connectivity index (χ0v) is 15.6. The van der Waals surface area contributed by atoms with E-state index in [1.807, 2.05) is 13.8 Å². The van der Waals surface area contributed by atoms with E-state index in [-0.39, 0.29) is 34.1 Å². The van der Waals surface area contributed by atoms with Gasteiger partial charge in [0.05, 0.1) is 24.0 Å². The Morgan fingerprint density at radius 2 is 1.64 bits per heavy atom. The maximum atomic E-state index is 13.4. The molecule has 1 aliphatic heterocycles. The van der Waals surface area contributed by atoms with E-state index in [0.29, 0.717) is 40.9 Å². The standard InChI is InChI=1S/C23H18O5/c1-23(2)9-15(24)18-16(10-23)28-22-19(17(18)12-7-8-27-11-12)20(25)13-5-3-4-6-14(13)21(22)26/h3-8,11,17H,9-10H2,1-2H3. The molecule has 5 rings (SSSR count). The predicted molar refractivity (Wildman–Crippen MR) is 99.7 cm³/mol. The summed E-state index contributed by atoms with van der Waals surface area (Å²) in [6.07, 6.45) is 3.93. The van der Waals surface area contributed by atoms with Crippen LogP contribution in [0.4, 0.5) is 0 Å². The number of ketones is 3. The van der Waals surface area contributed by atoms with Crippen molar-refractivity contribution in [1.29, 1.82) is 0 Å². The molecular formula is C23H18O5. The highest BCUT2D eigenvalue weighted by Crippen LogP contribution is 2.51. The van der Waals surface area contributed by atoms with Crippen molar-refractivity contribution in [2.24, 2.45) is 5.41 Å². The van der Waals surface area contributed by atoms with Gasteiger partial charge in [0.2, 0.25) is 5.78 Å². The van der Waals surface area contributed by atoms with Crippen molar-refractivity contribution in [3.63, 3.8) is 0 Å². The average Bonchev–Trinajstić information content (AvgIpc) is 3.18. The van der Waals surface area contributed by atoms with Crippen molar-refractivity contribution in [2.75, 3.05) is 0 Å². The Morgan fingerprint density at radius 1 is 0.929 bits per heavy atom. The minimum absolute atomic E-state index is 0.0409. The van der Waals surface area contributed by atoms with E-state index in [1.165, 1.54) is 12.5 Å². The number of hydrogen-bond donors (Lipinski definition) is 0. The lowest BCUT2D eigenvalue weighted by atomic mass is 9.68. The van der Waals surface area contributed by atoms with Crippen LogP contribution in [0.25, 0.3) is 0 Å². The quantitative estimate of drug-likeness (QED) is 0.741. The highest BCUT2D eigenvalue weighted by atomic mass is 16.5. The number of furan rings is 1. The third kappa shape index (κ3) is 2.29. The minimum atomic E-state index is -0.647. The molecule has 1 aromatic carbocycles. The molecule has 1 atom stereocenters. The second-order valence-corrected chi connectivity index (χ2v) is 8.32. The van der Waals surface area contributed by atoms with E-state index in [1.54, 1.807) is 30.3 Å². The number of carbonyl (C=O) groups excluding carboxylic acids is 3. The maximum Gasteiger partial charge on any atom is 0.229 e. The van der Waals surface area contributed by atoms with Gasteiger partial charge in [0, 0.05) is 35.1 Å². The third-order valence-corrected chi connectivity index (χ3v) is 5.67. The first-order chi connectivity index (χ1) is 13.4. The SMILES string of the molecule is CC1(C)CC(=O)C2=C(C1)OC1=C(C(=O)c3ccccc3C1=O)C2c1ccoc1. The van der Waals surface area contributed by atoms with Gasteiger partial charge < -0.3 is 9.15 Å². The van der Waals surface area contributed by atoms with Crippen LogP contribution < -0.4 is 0 Å². The fourth-order valence-electron chi connectivity index (χ4n) is 4.47. The van der Waals surface area contributed by atoms with E-state index in [0.717, 1.165) is 0 Å².